The zero-order chi connectivity index (χ0) is 17.3. The molecule has 1 saturated heterocycles. The number of amidine groups is 1. The Kier molecular flexibility index (Phi) is 4.75. The Morgan fingerprint density at radius 1 is 1.62 bits per heavy atom. The van der Waals surface area contributed by atoms with E-state index in [1.807, 2.05) is 0 Å². The van der Waals surface area contributed by atoms with E-state index in [-0.39, 0.29) is 29.9 Å². The molecular formula is C15H18FN3O4S. The van der Waals surface area contributed by atoms with Gasteiger partial charge in [0.15, 0.2) is 5.17 Å². The van der Waals surface area contributed by atoms with Gasteiger partial charge in [0, 0.05) is 36.5 Å². The van der Waals surface area contributed by atoms with Gasteiger partial charge in [-0.15, -0.1) is 0 Å². The molecule has 1 fully saturated rings. The fourth-order valence-electron chi connectivity index (χ4n) is 3.31. The van der Waals surface area contributed by atoms with Crippen LogP contribution in [0.2, 0.25) is 0 Å². The van der Waals surface area contributed by atoms with Crippen LogP contribution in [0.3, 0.4) is 0 Å². The van der Waals surface area contributed by atoms with E-state index in [1.54, 1.807) is 7.11 Å². The summed E-state index contributed by atoms with van der Waals surface area (Å²) in [5, 5.41) is 11.4. The molecule has 7 nitrogen and oxygen atoms in total. The summed E-state index contributed by atoms with van der Waals surface area (Å²) in [7, 11) is 1.59. The lowest BCUT2D eigenvalue weighted by Gasteiger charge is -2.46. The molecule has 0 bridgehead atoms. The minimum atomic E-state index is -1.03. The smallest absolute Gasteiger partial charge is 0.270 e. The minimum Gasteiger partial charge on any atom is -0.382 e. The maximum atomic E-state index is 14.5. The molecule has 2 heterocycles. The average Bonchev–Trinajstić information content (AvgIpc) is 2.55. The van der Waals surface area contributed by atoms with Gasteiger partial charge in [0.25, 0.3) is 5.69 Å². The zero-order valence-corrected chi connectivity index (χ0v) is 13.9. The normalized spacial score (nSPS) is 29.7. The third kappa shape index (κ3) is 2.99. The summed E-state index contributed by atoms with van der Waals surface area (Å²) in [4.78, 5) is 15.0. The molecular weight excluding hydrogens is 337 g/mol. The quantitative estimate of drug-likeness (QED) is 0.655. The Morgan fingerprint density at radius 3 is 3.12 bits per heavy atom. The summed E-state index contributed by atoms with van der Waals surface area (Å²) in [6, 6.07) is 3.50. The lowest BCUT2D eigenvalue weighted by atomic mass is 9.75. The standard InChI is InChI=1S/C15H18FN3O4S/c1-22-6-11-4-9-7-24-14(17)18-15(9,8-23-11)12-5-10(19(20)21)2-3-13(12)16/h2-3,5,9,11H,4,6-8H2,1H3,(H2,17,18)/t9-,11+,15-/m0/s1. The van der Waals surface area contributed by atoms with E-state index < -0.39 is 16.3 Å². The SMILES string of the molecule is COC[C@H]1C[C@H]2CSC(N)=N[C@@]2(c2cc([N+](=O)[O-])ccc2F)CO1. The highest BCUT2D eigenvalue weighted by atomic mass is 32.2. The van der Waals surface area contributed by atoms with Crippen molar-refractivity contribution in [3.05, 3.63) is 39.7 Å². The third-order valence-electron chi connectivity index (χ3n) is 4.48. The van der Waals surface area contributed by atoms with Crippen LogP contribution in [0.15, 0.2) is 23.2 Å². The summed E-state index contributed by atoms with van der Waals surface area (Å²) in [6.45, 7) is 0.554. The first-order chi connectivity index (χ1) is 11.5. The van der Waals surface area contributed by atoms with E-state index in [4.69, 9.17) is 15.2 Å². The average molecular weight is 355 g/mol. The van der Waals surface area contributed by atoms with Gasteiger partial charge in [-0.2, -0.15) is 0 Å². The Morgan fingerprint density at radius 2 is 2.42 bits per heavy atom. The number of nitrogens with zero attached hydrogens (tertiary/aromatic N) is 2. The number of nitro benzene ring substituents is 1. The van der Waals surface area contributed by atoms with Crippen LogP contribution in [-0.4, -0.2) is 42.3 Å². The van der Waals surface area contributed by atoms with Crippen molar-refractivity contribution in [3.63, 3.8) is 0 Å². The number of ether oxygens (including phenoxy) is 2. The van der Waals surface area contributed by atoms with Crippen molar-refractivity contribution < 1.29 is 18.8 Å². The van der Waals surface area contributed by atoms with Gasteiger partial charge in [0.2, 0.25) is 0 Å². The van der Waals surface area contributed by atoms with Gasteiger partial charge >= 0.3 is 0 Å². The van der Waals surface area contributed by atoms with Crippen molar-refractivity contribution in [2.45, 2.75) is 18.1 Å². The van der Waals surface area contributed by atoms with Crippen LogP contribution >= 0.6 is 11.8 Å². The molecule has 0 spiro atoms. The number of non-ortho nitro benzene ring substituents is 1. The second kappa shape index (κ2) is 6.66. The highest BCUT2D eigenvalue weighted by Crippen LogP contribution is 2.47. The Balaban J connectivity index is 2.06. The Labute approximate surface area is 142 Å². The maximum Gasteiger partial charge on any atom is 0.270 e. The van der Waals surface area contributed by atoms with Crippen LogP contribution in [0.25, 0.3) is 0 Å². The Hall–Kier alpha value is -1.71. The number of thioether (sulfide) groups is 1. The fourth-order valence-corrected chi connectivity index (χ4v) is 4.32. The third-order valence-corrected chi connectivity index (χ3v) is 5.44. The Bertz CT molecular complexity index is 687. The van der Waals surface area contributed by atoms with Crippen molar-refractivity contribution >= 4 is 22.6 Å². The number of methoxy groups -OCH3 is 1. The van der Waals surface area contributed by atoms with E-state index in [1.165, 1.54) is 17.8 Å². The van der Waals surface area contributed by atoms with Crippen molar-refractivity contribution in [2.24, 2.45) is 16.6 Å². The molecule has 130 valence electrons. The van der Waals surface area contributed by atoms with Crippen LogP contribution in [0, 0.1) is 21.8 Å². The number of benzene rings is 1. The lowest BCUT2D eigenvalue weighted by molar-refractivity contribution is -0.385. The summed E-state index contributed by atoms with van der Waals surface area (Å²) >= 11 is 1.41. The molecule has 24 heavy (non-hydrogen) atoms. The van der Waals surface area contributed by atoms with Gasteiger partial charge in [-0.1, -0.05) is 11.8 Å². The molecule has 2 N–H and O–H groups in total. The number of hydrogen-bond donors (Lipinski definition) is 1. The van der Waals surface area contributed by atoms with Crippen LogP contribution in [0.1, 0.15) is 12.0 Å². The first-order valence-electron chi connectivity index (χ1n) is 7.49. The topological polar surface area (TPSA) is 100.0 Å². The first-order valence-corrected chi connectivity index (χ1v) is 8.48. The van der Waals surface area contributed by atoms with Crippen LogP contribution in [0.5, 0.6) is 0 Å². The van der Waals surface area contributed by atoms with Crippen LogP contribution in [0.4, 0.5) is 10.1 Å². The molecule has 0 saturated carbocycles. The molecule has 3 rings (SSSR count). The highest BCUT2D eigenvalue weighted by Gasteiger charge is 2.49. The second-order valence-electron chi connectivity index (χ2n) is 5.93. The van der Waals surface area contributed by atoms with Crippen LogP contribution < -0.4 is 5.73 Å². The van der Waals surface area contributed by atoms with Gasteiger partial charge in [-0.05, 0) is 12.5 Å². The zero-order valence-electron chi connectivity index (χ0n) is 13.1. The number of halogens is 1. The minimum absolute atomic E-state index is 0.0415. The summed E-state index contributed by atoms with van der Waals surface area (Å²) in [5.74, 6) is 0.0733. The molecule has 0 aliphatic carbocycles. The molecule has 0 radical (unpaired) electrons. The predicted molar refractivity (Wildman–Crippen MR) is 88.5 cm³/mol. The lowest BCUT2D eigenvalue weighted by Crippen LogP contribution is -2.51. The van der Waals surface area contributed by atoms with Gasteiger partial charge in [-0.25, -0.2) is 9.38 Å². The first kappa shape index (κ1) is 17.1. The molecule has 2 aliphatic rings. The summed E-state index contributed by atoms with van der Waals surface area (Å²) in [5.41, 5.74) is 4.84. The number of nitrogens with two attached hydrogens (primary N) is 1. The van der Waals surface area contributed by atoms with Crippen molar-refractivity contribution in [1.82, 2.24) is 0 Å². The second-order valence-corrected chi connectivity index (χ2v) is 6.97. The van der Waals surface area contributed by atoms with E-state index in [2.05, 4.69) is 4.99 Å². The highest BCUT2D eigenvalue weighted by molar-refractivity contribution is 8.13. The number of nitro groups is 1. The summed E-state index contributed by atoms with van der Waals surface area (Å²) < 4.78 is 25.5. The maximum absolute atomic E-state index is 14.5. The van der Waals surface area contributed by atoms with E-state index in [0.717, 1.165) is 12.1 Å². The van der Waals surface area contributed by atoms with Crippen molar-refractivity contribution in [3.8, 4) is 0 Å². The van der Waals surface area contributed by atoms with Crippen molar-refractivity contribution in [1.29, 1.82) is 0 Å². The van der Waals surface area contributed by atoms with Crippen LogP contribution in [-0.2, 0) is 15.0 Å². The molecule has 0 unspecified atom stereocenters. The van der Waals surface area contributed by atoms with Gasteiger partial charge in [-0.3, -0.25) is 10.1 Å². The summed E-state index contributed by atoms with van der Waals surface area (Å²) in [6.07, 6.45) is 0.518. The molecule has 3 atom stereocenters. The predicted octanol–water partition coefficient (Wildman–Crippen LogP) is 2.04. The van der Waals surface area contributed by atoms with E-state index >= 15 is 0 Å². The molecule has 1 aromatic rings. The number of fused-ring (bicyclic) bond motifs is 1. The van der Waals surface area contributed by atoms with E-state index in [9.17, 15) is 14.5 Å². The number of rotatable bonds is 4. The van der Waals surface area contributed by atoms with E-state index in [0.29, 0.717) is 23.9 Å². The molecule has 0 aromatic heterocycles. The molecule has 1 aromatic carbocycles. The van der Waals surface area contributed by atoms with Gasteiger partial charge in [0.05, 0.1) is 24.2 Å². The monoisotopic (exact) mass is 355 g/mol. The largest absolute Gasteiger partial charge is 0.382 e. The molecule has 2 aliphatic heterocycles. The van der Waals surface area contributed by atoms with Crippen molar-refractivity contribution in [2.75, 3.05) is 26.1 Å². The number of hydrogen-bond acceptors (Lipinski definition) is 7. The fraction of sp³-hybridized carbons (Fsp3) is 0.533. The number of aliphatic imine (C=N–C) groups is 1. The molecule has 0 amide bonds. The van der Waals surface area contributed by atoms with Gasteiger partial charge in [0.1, 0.15) is 11.4 Å². The molecule has 9 heteroatoms. The van der Waals surface area contributed by atoms with Gasteiger partial charge < -0.3 is 15.2 Å².